The summed E-state index contributed by atoms with van der Waals surface area (Å²) in [6.07, 6.45) is 3.63. The smallest absolute Gasteiger partial charge is 0.306 e. The lowest BCUT2D eigenvalue weighted by Gasteiger charge is -2.26. The van der Waals surface area contributed by atoms with Crippen molar-refractivity contribution in [2.75, 3.05) is 6.61 Å². The summed E-state index contributed by atoms with van der Waals surface area (Å²) in [5.41, 5.74) is 0. The van der Waals surface area contributed by atoms with E-state index in [1.807, 2.05) is 0 Å². The lowest BCUT2D eigenvalue weighted by Crippen LogP contribution is -2.26. The summed E-state index contributed by atoms with van der Waals surface area (Å²) in [5.74, 6) is -1.75. The minimum absolute atomic E-state index is 0.115. The fraction of sp³-hybridized carbons (Fsp3) is 0.818. The molecule has 0 heterocycles. The molecule has 0 amide bonds. The molecule has 1 saturated carbocycles. The number of aliphatic carboxylic acids is 2. The zero-order valence-electron chi connectivity index (χ0n) is 9.22. The Bertz CT molecular complexity index is 243. The molecule has 0 radical (unpaired) electrons. The molecule has 5 nitrogen and oxygen atoms in total. The molecule has 0 bridgehead atoms. The number of carboxylic acids is 2. The third-order valence-electron chi connectivity index (χ3n) is 2.91. The summed E-state index contributed by atoms with van der Waals surface area (Å²) < 4.78 is 5.51. The van der Waals surface area contributed by atoms with E-state index in [0.29, 0.717) is 25.9 Å². The van der Waals surface area contributed by atoms with Crippen molar-refractivity contribution in [2.24, 2.45) is 5.92 Å². The maximum atomic E-state index is 10.7. The molecule has 1 rings (SSSR count). The Labute approximate surface area is 94.4 Å². The van der Waals surface area contributed by atoms with Crippen LogP contribution in [0, 0.1) is 5.92 Å². The second kappa shape index (κ2) is 6.48. The quantitative estimate of drug-likeness (QED) is 0.676. The van der Waals surface area contributed by atoms with Crippen LogP contribution in [0.2, 0.25) is 0 Å². The van der Waals surface area contributed by atoms with Crippen LogP contribution in [-0.2, 0) is 14.3 Å². The van der Waals surface area contributed by atoms with Crippen molar-refractivity contribution >= 4 is 11.9 Å². The first kappa shape index (κ1) is 13.0. The van der Waals surface area contributed by atoms with E-state index in [1.54, 1.807) is 0 Å². The molecule has 0 saturated heterocycles. The fourth-order valence-corrected chi connectivity index (χ4v) is 1.95. The van der Waals surface area contributed by atoms with Crippen LogP contribution in [0.25, 0.3) is 0 Å². The number of ether oxygens (including phenoxy) is 1. The van der Waals surface area contributed by atoms with Gasteiger partial charge in [-0.2, -0.15) is 0 Å². The predicted molar refractivity (Wildman–Crippen MR) is 56.2 cm³/mol. The van der Waals surface area contributed by atoms with Crippen LogP contribution >= 0.6 is 0 Å². The second-order valence-corrected chi connectivity index (χ2v) is 4.18. The molecule has 0 aromatic heterocycles. The summed E-state index contributed by atoms with van der Waals surface area (Å²) in [5, 5.41) is 17.2. The first-order valence-electron chi connectivity index (χ1n) is 5.66. The van der Waals surface area contributed by atoms with Crippen molar-refractivity contribution in [2.45, 2.75) is 44.6 Å². The average molecular weight is 230 g/mol. The van der Waals surface area contributed by atoms with Crippen LogP contribution < -0.4 is 0 Å². The van der Waals surface area contributed by atoms with Gasteiger partial charge in [0.15, 0.2) is 0 Å². The molecule has 0 aromatic carbocycles. The predicted octanol–water partition coefficient (Wildman–Crippen LogP) is 1.51. The topological polar surface area (TPSA) is 83.8 Å². The van der Waals surface area contributed by atoms with E-state index in [2.05, 4.69) is 0 Å². The Morgan fingerprint density at radius 2 is 1.75 bits per heavy atom. The van der Waals surface area contributed by atoms with Gasteiger partial charge in [-0.1, -0.05) is 0 Å². The normalized spacial score (nSPS) is 25.2. The highest BCUT2D eigenvalue weighted by Gasteiger charge is 2.25. The summed E-state index contributed by atoms with van der Waals surface area (Å²) >= 11 is 0. The van der Waals surface area contributed by atoms with Crippen molar-refractivity contribution < 1.29 is 24.5 Å². The van der Waals surface area contributed by atoms with E-state index >= 15 is 0 Å². The second-order valence-electron chi connectivity index (χ2n) is 4.18. The van der Waals surface area contributed by atoms with Crippen molar-refractivity contribution in [3.05, 3.63) is 0 Å². The molecule has 0 aromatic rings. The van der Waals surface area contributed by atoms with Gasteiger partial charge < -0.3 is 14.9 Å². The summed E-state index contributed by atoms with van der Waals surface area (Å²) in [6, 6.07) is 0. The maximum absolute atomic E-state index is 10.7. The summed E-state index contributed by atoms with van der Waals surface area (Å²) in [6.45, 7) is 0.453. The van der Waals surface area contributed by atoms with Crippen molar-refractivity contribution in [1.82, 2.24) is 0 Å². The van der Waals surface area contributed by atoms with Gasteiger partial charge in [0.05, 0.1) is 12.0 Å². The molecule has 1 aliphatic rings. The van der Waals surface area contributed by atoms with E-state index in [-0.39, 0.29) is 18.4 Å². The molecule has 0 atom stereocenters. The van der Waals surface area contributed by atoms with E-state index in [0.717, 1.165) is 12.8 Å². The molecule has 1 fully saturated rings. The highest BCUT2D eigenvalue weighted by atomic mass is 16.5. The van der Waals surface area contributed by atoms with E-state index in [9.17, 15) is 9.59 Å². The number of rotatable bonds is 6. The SMILES string of the molecule is O=C(O)CCCOC1CCC(C(=O)O)CC1. The van der Waals surface area contributed by atoms with Gasteiger partial charge in [0, 0.05) is 13.0 Å². The van der Waals surface area contributed by atoms with E-state index in [1.165, 1.54) is 0 Å². The molecule has 2 N–H and O–H groups in total. The van der Waals surface area contributed by atoms with Crippen LogP contribution in [0.1, 0.15) is 38.5 Å². The third-order valence-corrected chi connectivity index (χ3v) is 2.91. The van der Waals surface area contributed by atoms with Gasteiger partial charge in [0.2, 0.25) is 0 Å². The molecule has 0 spiro atoms. The monoisotopic (exact) mass is 230 g/mol. The zero-order valence-corrected chi connectivity index (χ0v) is 9.22. The van der Waals surface area contributed by atoms with Gasteiger partial charge in [-0.25, -0.2) is 0 Å². The highest BCUT2D eigenvalue weighted by Crippen LogP contribution is 2.26. The van der Waals surface area contributed by atoms with Crippen LogP contribution in [0.3, 0.4) is 0 Å². The minimum Gasteiger partial charge on any atom is -0.481 e. The Hall–Kier alpha value is -1.10. The summed E-state index contributed by atoms with van der Waals surface area (Å²) in [7, 11) is 0. The van der Waals surface area contributed by atoms with Crippen LogP contribution in [-0.4, -0.2) is 34.9 Å². The Morgan fingerprint density at radius 3 is 2.25 bits per heavy atom. The minimum atomic E-state index is -0.807. The van der Waals surface area contributed by atoms with Gasteiger partial charge in [-0.3, -0.25) is 9.59 Å². The highest BCUT2D eigenvalue weighted by molar-refractivity contribution is 5.70. The van der Waals surface area contributed by atoms with Gasteiger partial charge in [0.25, 0.3) is 0 Å². The molecule has 1 aliphatic carbocycles. The number of hydrogen-bond acceptors (Lipinski definition) is 3. The fourth-order valence-electron chi connectivity index (χ4n) is 1.95. The number of carbonyl (C=O) groups is 2. The lowest BCUT2D eigenvalue weighted by molar-refractivity contribution is -0.144. The molecule has 0 aliphatic heterocycles. The lowest BCUT2D eigenvalue weighted by atomic mass is 9.87. The standard InChI is InChI=1S/C11H18O5/c12-10(13)2-1-7-16-9-5-3-8(4-6-9)11(14)15/h8-9H,1-7H2,(H,12,13)(H,14,15). The van der Waals surface area contributed by atoms with E-state index in [4.69, 9.17) is 14.9 Å². The van der Waals surface area contributed by atoms with E-state index < -0.39 is 11.9 Å². The first-order valence-corrected chi connectivity index (χ1v) is 5.66. The van der Waals surface area contributed by atoms with Crippen LogP contribution in [0.5, 0.6) is 0 Å². The summed E-state index contributed by atoms with van der Waals surface area (Å²) in [4.78, 5) is 20.9. The zero-order chi connectivity index (χ0) is 12.0. The van der Waals surface area contributed by atoms with Crippen molar-refractivity contribution in [1.29, 1.82) is 0 Å². The number of hydrogen-bond donors (Lipinski definition) is 2. The maximum Gasteiger partial charge on any atom is 0.306 e. The molecule has 5 heteroatoms. The number of carboxylic acid groups (broad SMARTS) is 2. The van der Waals surface area contributed by atoms with Crippen LogP contribution in [0.4, 0.5) is 0 Å². The van der Waals surface area contributed by atoms with Gasteiger partial charge in [-0.05, 0) is 32.1 Å². The Kier molecular flexibility index (Phi) is 5.25. The van der Waals surface area contributed by atoms with Crippen molar-refractivity contribution in [3.63, 3.8) is 0 Å². The molecule has 0 unspecified atom stereocenters. The molecular formula is C11H18O5. The Morgan fingerprint density at radius 1 is 1.12 bits per heavy atom. The average Bonchev–Trinajstić information content (AvgIpc) is 2.25. The van der Waals surface area contributed by atoms with Gasteiger partial charge in [-0.15, -0.1) is 0 Å². The molecular weight excluding hydrogens is 212 g/mol. The Balaban J connectivity index is 2.08. The van der Waals surface area contributed by atoms with Gasteiger partial charge in [0.1, 0.15) is 0 Å². The van der Waals surface area contributed by atoms with Gasteiger partial charge >= 0.3 is 11.9 Å². The van der Waals surface area contributed by atoms with Crippen molar-refractivity contribution in [3.8, 4) is 0 Å². The molecule has 92 valence electrons. The largest absolute Gasteiger partial charge is 0.481 e. The third kappa shape index (κ3) is 4.61. The van der Waals surface area contributed by atoms with Crippen LogP contribution in [0.15, 0.2) is 0 Å². The first-order chi connectivity index (χ1) is 7.59. The molecule has 16 heavy (non-hydrogen) atoms.